The molecule has 112 valence electrons. The summed E-state index contributed by atoms with van der Waals surface area (Å²) in [5.74, 6) is 1.14. The SMILES string of the molecule is Cc1nccn1CCCCNC(=O)CCCN.Cl.Cl. The lowest BCUT2D eigenvalue weighted by atomic mass is 10.2. The van der Waals surface area contributed by atoms with Crippen molar-refractivity contribution in [3.63, 3.8) is 0 Å². The number of unbranched alkanes of at least 4 members (excludes halogenated alkanes) is 1. The van der Waals surface area contributed by atoms with Gasteiger partial charge in [-0.05, 0) is 32.7 Å². The summed E-state index contributed by atoms with van der Waals surface area (Å²) in [7, 11) is 0. The molecule has 0 saturated carbocycles. The second-order valence-corrected chi connectivity index (χ2v) is 4.12. The normalized spacial score (nSPS) is 9.37. The van der Waals surface area contributed by atoms with Gasteiger partial charge < -0.3 is 15.6 Å². The van der Waals surface area contributed by atoms with E-state index < -0.39 is 0 Å². The molecule has 0 aliphatic heterocycles. The number of rotatable bonds is 8. The number of amides is 1. The number of carbonyl (C=O) groups excluding carboxylic acids is 1. The fourth-order valence-corrected chi connectivity index (χ4v) is 1.63. The number of hydrogen-bond acceptors (Lipinski definition) is 3. The molecule has 1 heterocycles. The third-order valence-corrected chi connectivity index (χ3v) is 2.68. The van der Waals surface area contributed by atoms with Crippen LogP contribution < -0.4 is 11.1 Å². The summed E-state index contributed by atoms with van der Waals surface area (Å²) in [6.45, 7) is 4.28. The van der Waals surface area contributed by atoms with Gasteiger partial charge >= 0.3 is 0 Å². The minimum atomic E-state index is 0. The molecule has 3 N–H and O–H groups in total. The van der Waals surface area contributed by atoms with Gasteiger partial charge in [0.05, 0.1) is 0 Å². The van der Waals surface area contributed by atoms with E-state index >= 15 is 0 Å². The summed E-state index contributed by atoms with van der Waals surface area (Å²) in [6, 6.07) is 0. The molecule has 0 radical (unpaired) electrons. The summed E-state index contributed by atoms with van der Waals surface area (Å²) in [5.41, 5.74) is 5.33. The highest BCUT2D eigenvalue weighted by atomic mass is 35.5. The lowest BCUT2D eigenvalue weighted by Crippen LogP contribution is -2.25. The summed E-state index contributed by atoms with van der Waals surface area (Å²) in [5, 5.41) is 2.89. The van der Waals surface area contributed by atoms with Gasteiger partial charge in [-0.1, -0.05) is 0 Å². The Hall–Kier alpha value is -0.780. The van der Waals surface area contributed by atoms with E-state index in [0.29, 0.717) is 13.0 Å². The molecule has 0 aliphatic rings. The molecule has 1 aromatic rings. The van der Waals surface area contributed by atoms with Crippen LogP contribution in [-0.2, 0) is 11.3 Å². The van der Waals surface area contributed by atoms with Crippen molar-refractivity contribution in [1.29, 1.82) is 0 Å². The monoisotopic (exact) mass is 310 g/mol. The molecular formula is C12H24Cl2N4O. The van der Waals surface area contributed by atoms with Crippen LogP contribution in [0.3, 0.4) is 0 Å². The predicted molar refractivity (Wildman–Crippen MR) is 82.0 cm³/mol. The molecule has 0 bridgehead atoms. The summed E-state index contributed by atoms with van der Waals surface area (Å²) < 4.78 is 2.12. The molecule has 19 heavy (non-hydrogen) atoms. The number of nitrogens with one attached hydrogen (secondary N) is 1. The zero-order valence-electron chi connectivity index (χ0n) is 11.3. The molecule has 7 heteroatoms. The summed E-state index contributed by atoms with van der Waals surface area (Å²) in [6.07, 6.45) is 7.14. The lowest BCUT2D eigenvalue weighted by molar-refractivity contribution is -0.121. The van der Waals surface area contributed by atoms with Crippen LogP contribution in [0.15, 0.2) is 12.4 Å². The number of aromatic nitrogens is 2. The van der Waals surface area contributed by atoms with Gasteiger partial charge in [-0.2, -0.15) is 0 Å². The van der Waals surface area contributed by atoms with Gasteiger partial charge in [0.15, 0.2) is 0 Å². The smallest absolute Gasteiger partial charge is 0.220 e. The van der Waals surface area contributed by atoms with E-state index in [1.165, 1.54) is 0 Å². The van der Waals surface area contributed by atoms with Crippen LogP contribution in [-0.4, -0.2) is 28.5 Å². The highest BCUT2D eigenvalue weighted by Crippen LogP contribution is 1.99. The highest BCUT2D eigenvalue weighted by molar-refractivity contribution is 5.85. The zero-order chi connectivity index (χ0) is 12.5. The first-order valence-electron chi connectivity index (χ1n) is 6.18. The van der Waals surface area contributed by atoms with Crippen LogP contribution in [0.4, 0.5) is 0 Å². The molecule has 0 spiro atoms. The van der Waals surface area contributed by atoms with Gasteiger partial charge in [0.25, 0.3) is 0 Å². The molecule has 0 unspecified atom stereocenters. The van der Waals surface area contributed by atoms with E-state index in [9.17, 15) is 4.79 Å². The molecule has 1 aromatic heterocycles. The van der Waals surface area contributed by atoms with Crippen LogP contribution in [0.2, 0.25) is 0 Å². The summed E-state index contributed by atoms with van der Waals surface area (Å²) >= 11 is 0. The van der Waals surface area contributed by atoms with Crippen molar-refractivity contribution in [2.45, 2.75) is 39.2 Å². The second-order valence-electron chi connectivity index (χ2n) is 4.12. The van der Waals surface area contributed by atoms with Crippen LogP contribution in [0.25, 0.3) is 0 Å². The van der Waals surface area contributed by atoms with Crippen molar-refractivity contribution in [3.05, 3.63) is 18.2 Å². The van der Waals surface area contributed by atoms with E-state index in [4.69, 9.17) is 5.73 Å². The Labute approximate surface area is 127 Å². The van der Waals surface area contributed by atoms with Crippen LogP contribution >= 0.6 is 24.8 Å². The molecule has 0 aliphatic carbocycles. The van der Waals surface area contributed by atoms with Crippen LogP contribution in [0.5, 0.6) is 0 Å². The zero-order valence-corrected chi connectivity index (χ0v) is 12.9. The minimum absolute atomic E-state index is 0. The van der Waals surface area contributed by atoms with E-state index in [2.05, 4.69) is 14.9 Å². The van der Waals surface area contributed by atoms with Crippen molar-refractivity contribution in [2.75, 3.05) is 13.1 Å². The highest BCUT2D eigenvalue weighted by Gasteiger charge is 1.99. The fourth-order valence-electron chi connectivity index (χ4n) is 1.63. The standard InChI is InChI=1S/C12H22N4O.2ClH/c1-11-14-8-10-16(11)9-3-2-7-15-12(17)5-4-6-13;;/h8,10H,2-7,9,13H2,1H3,(H,15,17);2*1H. The number of hydrogen-bond donors (Lipinski definition) is 2. The Morgan fingerprint density at radius 2 is 2.11 bits per heavy atom. The molecule has 0 aromatic carbocycles. The molecule has 0 fully saturated rings. The molecule has 0 atom stereocenters. The van der Waals surface area contributed by atoms with Gasteiger partial charge in [0.2, 0.25) is 5.91 Å². The average molecular weight is 311 g/mol. The van der Waals surface area contributed by atoms with Gasteiger partial charge in [0.1, 0.15) is 5.82 Å². The fraction of sp³-hybridized carbons (Fsp3) is 0.667. The van der Waals surface area contributed by atoms with E-state index in [0.717, 1.165) is 38.2 Å². The molecule has 1 rings (SSSR count). The maximum Gasteiger partial charge on any atom is 0.220 e. The number of nitrogens with zero attached hydrogens (tertiary/aromatic N) is 2. The number of halogens is 2. The molecule has 0 saturated heterocycles. The summed E-state index contributed by atoms with van der Waals surface area (Å²) in [4.78, 5) is 15.4. The Bertz CT molecular complexity index is 344. The Morgan fingerprint density at radius 1 is 1.37 bits per heavy atom. The topological polar surface area (TPSA) is 72.9 Å². The van der Waals surface area contributed by atoms with Crippen molar-refractivity contribution in [2.24, 2.45) is 5.73 Å². The van der Waals surface area contributed by atoms with Crippen LogP contribution in [0, 0.1) is 6.92 Å². The Morgan fingerprint density at radius 3 is 2.68 bits per heavy atom. The Kier molecular flexibility index (Phi) is 13.3. The Balaban J connectivity index is 0. The minimum Gasteiger partial charge on any atom is -0.356 e. The molecular weight excluding hydrogens is 287 g/mol. The third-order valence-electron chi connectivity index (χ3n) is 2.68. The van der Waals surface area contributed by atoms with Crippen molar-refractivity contribution in [3.8, 4) is 0 Å². The first-order chi connectivity index (χ1) is 8.24. The van der Waals surface area contributed by atoms with Crippen molar-refractivity contribution < 1.29 is 4.79 Å². The molecule has 5 nitrogen and oxygen atoms in total. The van der Waals surface area contributed by atoms with E-state index in [-0.39, 0.29) is 30.7 Å². The van der Waals surface area contributed by atoms with E-state index in [1.807, 2.05) is 19.3 Å². The largest absolute Gasteiger partial charge is 0.356 e. The maximum absolute atomic E-state index is 11.3. The van der Waals surface area contributed by atoms with Crippen molar-refractivity contribution >= 4 is 30.7 Å². The van der Waals surface area contributed by atoms with E-state index in [1.54, 1.807) is 0 Å². The van der Waals surface area contributed by atoms with Gasteiger partial charge in [-0.3, -0.25) is 4.79 Å². The van der Waals surface area contributed by atoms with Gasteiger partial charge in [0, 0.05) is 31.9 Å². The van der Waals surface area contributed by atoms with Crippen molar-refractivity contribution in [1.82, 2.24) is 14.9 Å². The van der Waals surface area contributed by atoms with Gasteiger partial charge in [-0.15, -0.1) is 24.8 Å². The van der Waals surface area contributed by atoms with Gasteiger partial charge in [-0.25, -0.2) is 4.98 Å². The lowest BCUT2D eigenvalue weighted by Gasteiger charge is -2.06. The second kappa shape index (κ2) is 12.3. The number of aryl methyl sites for hydroxylation is 2. The number of imidazole rings is 1. The average Bonchev–Trinajstić information content (AvgIpc) is 2.72. The number of nitrogens with two attached hydrogens (primary N) is 1. The quantitative estimate of drug-likeness (QED) is 0.717. The predicted octanol–water partition coefficient (Wildman–Crippen LogP) is 1.67. The maximum atomic E-state index is 11.3. The first-order valence-corrected chi connectivity index (χ1v) is 6.18. The number of carbonyl (C=O) groups is 1. The first kappa shape index (κ1) is 20.5. The molecule has 1 amide bonds. The third kappa shape index (κ3) is 8.86. The van der Waals surface area contributed by atoms with Crippen LogP contribution in [0.1, 0.15) is 31.5 Å².